The number of rotatable bonds is 5. The summed E-state index contributed by atoms with van der Waals surface area (Å²) in [4.78, 5) is 0. The Morgan fingerprint density at radius 1 is 0.667 bits per heavy atom. The molecule has 0 heteroatoms. The van der Waals surface area contributed by atoms with Crippen molar-refractivity contribution in [2.45, 2.75) is 6.42 Å². The number of hydrogen-bond acceptors (Lipinski definition) is 0. The summed E-state index contributed by atoms with van der Waals surface area (Å²) in [6.07, 6.45) is 7.21. The number of allylic oxidation sites excluding steroid dienone is 2. The lowest BCUT2D eigenvalue weighted by Crippen LogP contribution is -1.83. The standard InChI is InChI=1S/C24H20/c1-4-12-21(13-5-1)14-10-11-19-24(23-17-8-3-9-18-23)20-22-15-6-2-7-16-22/h1-9,11-18,20H,19H2. The predicted octanol–water partition coefficient (Wildman–Crippen LogP) is 6.49. The zero-order valence-electron chi connectivity index (χ0n) is 13.6. The molecule has 0 unspecified atom stereocenters. The highest BCUT2D eigenvalue weighted by Gasteiger charge is 1.99. The molecule has 0 bridgehead atoms. The van der Waals surface area contributed by atoms with Crippen molar-refractivity contribution in [3.8, 4) is 0 Å². The molecule has 0 fully saturated rings. The van der Waals surface area contributed by atoms with Gasteiger partial charge in [0.1, 0.15) is 0 Å². The predicted molar refractivity (Wildman–Crippen MR) is 104 cm³/mol. The summed E-state index contributed by atoms with van der Waals surface area (Å²) in [7, 11) is 0. The molecule has 0 aliphatic heterocycles. The molecule has 0 atom stereocenters. The maximum absolute atomic E-state index is 3.30. The van der Waals surface area contributed by atoms with Crippen LogP contribution in [0.1, 0.15) is 23.1 Å². The molecule has 0 spiro atoms. The van der Waals surface area contributed by atoms with E-state index < -0.39 is 0 Å². The van der Waals surface area contributed by atoms with E-state index in [1.165, 1.54) is 22.3 Å². The maximum Gasteiger partial charge on any atom is -0.00151 e. The van der Waals surface area contributed by atoms with E-state index >= 15 is 0 Å². The van der Waals surface area contributed by atoms with Gasteiger partial charge in [-0.2, -0.15) is 0 Å². The highest BCUT2D eigenvalue weighted by Crippen LogP contribution is 2.22. The molecular formula is C24H20. The van der Waals surface area contributed by atoms with Crippen molar-refractivity contribution < 1.29 is 0 Å². The van der Waals surface area contributed by atoms with Gasteiger partial charge in [-0.15, -0.1) is 5.73 Å². The molecule has 0 aliphatic rings. The van der Waals surface area contributed by atoms with Crippen LogP contribution in [-0.4, -0.2) is 0 Å². The van der Waals surface area contributed by atoms with Gasteiger partial charge in [-0.1, -0.05) is 97.1 Å². The molecule has 0 radical (unpaired) electrons. The van der Waals surface area contributed by atoms with Crippen LogP contribution in [0.15, 0.2) is 103 Å². The molecule has 3 aromatic carbocycles. The minimum atomic E-state index is 0.849. The van der Waals surface area contributed by atoms with Crippen LogP contribution in [0.2, 0.25) is 0 Å². The Balaban J connectivity index is 1.83. The van der Waals surface area contributed by atoms with Crippen LogP contribution >= 0.6 is 0 Å². The van der Waals surface area contributed by atoms with Gasteiger partial charge in [0.15, 0.2) is 0 Å². The fourth-order valence-electron chi connectivity index (χ4n) is 2.54. The van der Waals surface area contributed by atoms with Gasteiger partial charge in [0.05, 0.1) is 0 Å². The van der Waals surface area contributed by atoms with E-state index in [-0.39, 0.29) is 0 Å². The van der Waals surface area contributed by atoms with Crippen molar-refractivity contribution >= 4 is 17.7 Å². The lowest BCUT2D eigenvalue weighted by molar-refractivity contribution is 1.40. The minimum Gasteiger partial charge on any atom is -0.124 e. The summed E-state index contributed by atoms with van der Waals surface area (Å²) in [5, 5.41) is 0. The van der Waals surface area contributed by atoms with E-state index in [0.29, 0.717) is 0 Å². The Kier molecular flexibility index (Phi) is 5.61. The van der Waals surface area contributed by atoms with Gasteiger partial charge in [-0.25, -0.2) is 0 Å². The first-order valence-corrected chi connectivity index (χ1v) is 8.19. The Bertz CT molecular complexity index is 834. The second-order valence-corrected chi connectivity index (χ2v) is 5.58. The molecule has 24 heavy (non-hydrogen) atoms. The van der Waals surface area contributed by atoms with E-state index in [1.807, 2.05) is 30.3 Å². The van der Waals surface area contributed by atoms with Crippen LogP contribution in [0.5, 0.6) is 0 Å². The molecule has 3 aromatic rings. The summed E-state index contributed by atoms with van der Waals surface area (Å²) in [6, 6.07) is 31.2. The SMILES string of the molecule is C(=CCC(=Cc1ccccc1)c1ccccc1)=Cc1ccccc1. The van der Waals surface area contributed by atoms with Crippen LogP contribution in [0, 0.1) is 0 Å². The minimum absolute atomic E-state index is 0.849. The lowest BCUT2D eigenvalue weighted by atomic mass is 10.00. The molecule has 0 amide bonds. The van der Waals surface area contributed by atoms with Crippen LogP contribution in [0.3, 0.4) is 0 Å². The third kappa shape index (κ3) is 4.71. The first-order valence-electron chi connectivity index (χ1n) is 8.19. The summed E-state index contributed by atoms with van der Waals surface area (Å²) >= 11 is 0. The first kappa shape index (κ1) is 15.8. The Morgan fingerprint density at radius 2 is 1.21 bits per heavy atom. The largest absolute Gasteiger partial charge is 0.124 e. The topological polar surface area (TPSA) is 0 Å². The summed E-state index contributed by atoms with van der Waals surface area (Å²) < 4.78 is 0. The fourth-order valence-corrected chi connectivity index (χ4v) is 2.54. The zero-order valence-corrected chi connectivity index (χ0v) is 13.6. The molecule has 0 aromatic heterocycles. The van der Waals surface area contributed by atoms with E-state index in [2.05, 4.69) is 84.6 Å². The molecule has 3 rings (SSSR count). The molecule has 0 saturated carbocycles. The highest BCUT2D eigenvalue weighted by atomic mass is 14.0. The molecule has 0 N–H and O–H groups in total. The third-order valence-electron chi connectivity index (χ3n) is 3.77. The first-order chi connectivity index (χ1) is 11.9. The molecular weight excluding hydrogens is 288 g/mol. The van der Waals surface area contributed by atoms with Crippen LogP contribution in [0.4, 0.5) is 0 Å². The van der Waals surface area contributed by atoms with Crippen molar-refractivity contribution in [3.05, 3.63) is 119 Å². The van der Waals surface area contributed by atoms with Crippen molar-refractivity contribution in [2.24, 2.45) is 0 Å². The van der Waals surface area contributed by atoms with E-state index in [9.17, 15) is 0 Å². The summed E-state index contributed by atoms with van der Waals surface area (Å²) in [5.41, 5.74) is 8.22. The Labute approximate surface area is 144 Å². The van der Waals surface area contributed by atoms with Gasteiger partial charge in [0, 0.05) is 0 Å². The lowest BCUT2D eigenvalue weighted by Gasteiger charge is -2.05. The van der Waals surface area contributed by atoms with Gasteiger partial charge in [0.25, 0.3) is 0 Å². The summed E-state index contributed by atoms with van der Waals surface area (Å²) in [5.74, 6) is 0. The fraction of sp³-hybridized carbons (Fsp3) is 0.0417. The van der Waals surface area contributed by atoms with Gasteiger partial charge < -0.3 is 0 Å². The van der Waals surface area contributed by atoms with E-state index in [0.717, 1.165) is 6.42 Å². The van der Waals surface area contributed by atoms with Crippen molar-refractivity contribution in [1.29, 1.82) is 0 Å². The molecule has 0 saturated heterocycles. The number of hydrogen-bond donors (Lipinski definition) is 0. The van der Waals surface area contributed by atoms with Crippen molar-refractivity contribution in [2.75, 3.05) is 0 Å². The van der Waals surface area contributed by atoms with Crippen molar-refractivity contribution in [1.82, 2.24) is 0 Å². The molecule has 116 valence electrons. The zero-order chi connectivity index (χ0) is 16.5. The Morgan fingerprint density at radius 3 is 1.83 bits per heavy atom. The quantitative estimate of drug-likeness (QED) is 0.373. The normalized spacial score (nSPS) is 10.8. The van der Waals surface area contributed by atoms with Crippen molar-refractivity contribution in [3.63, 3.8) is 0 Å². The summed E-state index contributed by atoms with van der Waals surface area (Å²) in [6.45, 7) is 0. The second kappa shape index (κ2) is 8.53. The van der Waals surface area contributed by atoms with Gasteiger partial charge in [-0.3, -0.25) is 0 Å². The second-order valence-electron chi connectivity index (χ2n) is 5.58. The highest BCUT2D eigenvalue weighted by molar-refractivity contribution is 5.82. The van der Waals surface area contributed by atoms with Crippen LogP contribution in [0.25, 0.3) is 17.7 Å². The number of benzene rings is 3. The van der Waals surface area contributed by atoms with Crippen LogP contribution < -0.4 is 0 Å². The Hall–Kier alpha value is -3.08. The van der Waals surface area contributed by atoms with Crippen LogP contribution in [-0.2, 0) is 0 Å². The monoisotopic (exact) mass is 308 g/mol. The van der Waals surface area contributed by atoms with Gasteiger partial charge >= 0.3 is 0 Å². The van der Waals surface area contributed by atoms with Gasteiger partial charge in [-0.05, 0) is 40.8 Å². The molecule has 0 heterocycles. The maximum atomic E-state index is 3.30. The average molecular weight is 308 g/mol. The van der Waals surface area contributed by atoms with E-state index in [4.69, 9.17) is 0 Å². The van der Waals surface area contributed by atoms with E-state index in [1.54, 1.807) is 0 Å². The molecule has 0 nitrogen and oxygen atoms in total. The third-order valence-corrected chi connectivity index (χ3v) is 3.77. The average Bonchev–Trinajstić information content (AvgIpc) is 2.66. The smallest absolute Gasteiger partial charge is 0.00151 e. The van der Waals surface area contributed by atoms with Gasteiger partial charge in [0.2, 0.25) is 0 Å². The molecule has 0 aliphatic carbocycles.